The van der Waals surface area contributed by atoms with Crippen molar-refractivity contribution in [2.24, 2.45) is 5.92 Å². The van der Waals surface area contributed by atoms with E-state index in [1.54, 1.807) is 0 Å². The maximum Gasteiger partial charge on any atom is 0.0547 e. The number of hydrogen-bond acceptors (Lipinski definition) is 3. The van der Waals surface area contributed by atoms with Crippen molar-refractivity contribution in [1.29, 1.82) is 0 Å². The Kier molecular flexibility index (Phi) is 4.72. The lowest BCUT2D eigenvalue weighted by molar-refractivity contribution is 0.0774. The molecule has 2 atom stereocenters. The van der Waals surface area contributed by atoms with E-state index in [9.17, 15) is 0 Å². The zero-order chi connectivity index (χ0) is 13.0. The molecule has 0 aliphatic heterocycles. The Hall–Kier alpha value is -0.930. The van der Waals surface area contributed by atoms with Crippen LogP contribution < -0.4 is 5.32 Å². The molecule has 1 aliphatic rings. The third-order valence-electron chi connectivity index (χ3n) is 3.96. The zero-order valence-electron chi connectivity index (χ0n) is 11.8. The van der Waals surface area contributed by atoms with Gasteiger partial charge in [0.2, 0.25) is 0 Å². The summed E-state index contributed by atoms with van der Waals surface area (Å²) in [6, 6.07) is 7.01. The molecule has 3 heteroatoms. The number of hydrogen-bond donors (Lipinski definition) is 1. The van der Waals surface area contributed by atoms with Gasteiger partial charge in [0.1, 0.15) is 0 Å². The van der Waals surface area contributed by atoms with E-state index in [4.69, 9.17) is 0 Å². The quantitative estimate of drug-likeness (QED) is 0.835. The van der Waals surface area contributed by atoms with E-state index < -0.39 is 0 Å². The van der Waals surface area contributed by atoms with E-state index >= 15 is 0 Å². The van der Waals surface area contributed by atoms with E-state index in [0.29, 0.717) is 0 Å². The summed E-state index contributed by atoms with van der Waals surface area (Å²) in [5.74, 6) is 0.819. The van der Waals surface area contributed by atoms with Gasteiger partial charge >= 0.3 is 0 Å². The van der Waals surface area contributed by atoms with Crippen LogP contribution in [0.3, 0.4) is 0 Å². The van der Waals surface area contributed by atoms with E-state index in [2.05, 4.69) is 54.3 Å². The van der Waals surface area contributed by atoms with Crippen LogP contribution in [0.5, 0.6) is 0 Å². The van der Waals surface area contributed by atoms with Crippen LogP contribution in [-0.2, 0) is 6.54 Å². The topological polar surface area (TPSA) is 28.2 Å². The number of rotatable bonds is 6. The molecule has 2 rings (SSSR count). The van der Waals surface area contributed by atoms with Gasteiger partial charge in [0.05, 0.1) is 5.69 Å². The van der Waals surface area contributed by atoms with E-state index in [1.807, 2.05) is 0 Å². The van der Waals surface area contributed by atoms with Crippen molar-refractivity contribution < 1.29 is 0 Å². The molecule has 1 fully saturated rings. The summed E-state index contributed by atoms with van der Waals surface area (Å²) in [7, 11) is 2.23. The standard InChI is InChI=1S/C15H25N3/c1-4-16-10-13-8-9-15(13)18(3)11-14-7-5-6-12(2)17-14/h5-7,13,15-16H,4,8-11H2,1-3H3. The summed E-state index contributed by atoms with van der Waals surface area (Å²) < 4.78 is 0. The van der Waals surface area contributed by atoms with Gasteiger partial charge in [0.15, 0.2) is 0 Å². The van der Waals surface area contributed by atoms with Crippen LogP contribution in [0, 0.1) is 12.8 Å². The number of aromatic nitrogens is 1. The zero-order valence-corrected chi connectivity index (χ0v) is 11.8. The average molecular weight is 247 g/mol. The highest BCUT2D eigenvalue weighted by molar-refractivity contribution is 5.10. The van der Waals surface area contributed by atoms with E-state index in [1.165, 1.54) is 18.5 Å². The molecule has 1 aliphatic carbocycles. The second kappa shape index (κ2) is 6.30. The molecule has 1 N–H and O–H groups in total. The summed E-state index contributed by atoms with van der Waals surface area (Å²) in [6.07, 6.45) is 2.70. The molecule has 1 aromatic rings. The van der Waals surface area contributed by atoms with Crippen molar-refractivity contribution in [3.63, 3.8) is 0 Å². The maximum atomic E-state index is 4.58. The fourth-order valence-corrected chi connectivity index (χ4v) is 2.76. The SMILES string of the molecule is CCNCC1CCC1N(C)Cc1cccc(C)n1. The molecule has 0 radical (unpaired) electrons. The summed E-state index contributed by atoms with van der Waals surface area (Å²) in [5.41, 5.74) is 2.30. The van der Waals surface area contributed by atoms with Gasteiger partial charge in [0.25, 0.3) is 0 Å². The Morgan fingerprint density at radius 1 is 1.39 bits per heavy atom. The van der Waals surface area contributed by atoms with Crippen molar-refractivity contribution in [2.75, 3.05) is 20.1 Å². The largest absolute Gasteiger partial charge is 0.317 e. The van der Waals surface area contributed by atoms with Crippen LogP contribution in [-0.4, -0.2) is 36.1 Å². The number of pyridine rings is 1. The molecule has 0 aromatic carbocycles. The van der Waals surface area contributed by atoms with Gasteiger partial charge in [0, 0.05) is 18.3 Å². The van der Waals surface area contributed by atoms with Gasteiger partial charge < -0.3 is 5.32 Å². The molecular formula is C15H25N3. The summed E-state index contributed by atoms with van der Waals surface area (Å²) in [6.45, 7) is 7.43. The molecular weight excluding hydrogens is 222 g/mol. The minimum Gasteiger partial charge on any atom is -0.317 e. The fraction of sp³-hybridized carbons (Fsp3) is 0.667. The molecule has 0 bridgehead atoms. The first-order chi connectivity index (χ1) is 8.70. The minimum atomic E-state index is 0.728. The lowest BCUT2D eigenvalue weighted by Crippen LogP contribution is -2.48. The highest BCUT2D eigenvalue weighted by Crippen LogP contribution is 2.31. The highest BCUT2D eigenvalue weighted by atomic mass is 15.2. The van der Waals surface area contributed by atoms with Crippen molar-refractivity contribution in [1.82, 2.24) is 15.2 Å². The van der Waals surface area contributed by atoms with Crippen LogP contribution in [0.15, 0.2) is 18.2 Å². The molecule has 0 saturated heterocycles. The van der Waals surface area contributed by atoms with Crippen LogP contribution in [0.25, 0.3) is 0 Å². The van der Waals surface area contributed by atoms with Gasteiger partial charge in [-0.3, -0.25) is 9.88 Å². The van der Waals surface area contributed by atoms with Gasteiger partial charge in [-0.15, -0.1) is 0 Å². The molecule has 3 nitrogen and oxygen atoms in total. The second-order valence-corrected chi connectivity index (χ2v) is 5.40. The van der Waals surface area contributed by atoms with Crippen molar-refractivity contribution in [2.45, 2.75) is 39.3 Å². The Morgan fingerprint density at radius 3 is 2.83 bits per heavy atom. The van der Waals surface area contributed by atoms with Gasteiger partial charge in [-0.05, 0) is 58.0 Å². The third kappa shape index (κ3) is 3.30. The van der Waals surface area contributed by atoms with Gasteiger partial charge in [-0.2, -0.15) is 0 Å². The lowest BCUT2D eigenvalue weighted by atomic mass is 9.78. The molecule has 2 unspecified atom stereocenters. The monoisotopic (exact) mass is 247 g/mol. The normalized spacial score (nSPS) is 23.1. The number of nitrogens with one attached hydrogen (secondary N) is 1. The molecule has 1 saturated carbocycles. The number of aryl methyl sites for hydroxylation is 1. The van der Waals surface area contributed by atoms with Gasteiger partial charge in [-0.25, -0.2) is 0 Å². The second-order valence-electron chi connectivity index (χ2n) is 5.40. The molecule has 1 heterocycles. The summed E-state index contributed by atoms with van der Waals surface area (Å²) >= 11 is 0. The van der Waals surface area contributed by atoms with E-state index in [-0.39, 0.29) is 0 Å². The molecule has 1 aromatic heterocycles. The van der Waals surface area contributed by atoms with Gasteiger partial charge in [-0.1, -0.05) is 13.0 Å². The maximum absolute atomic E-state index is 4.58. The van der Waals surface area contributed by atoms with Crippen molar-refractivity contribution in [3.05, 3.63) is 29.6 Å². The third-order valence-corrected chi connectivity index (χ3v) is 3.96. The Morgan fingerprint density at radius 2 is 2.22 bits per heavy atom. The lowest BCUT2D eigenvalue weighted by Gasteiger charge is -2.43. The first-order valence-electron chi connectivity index (χ1n) is 7.04. The fourth-order valence-electron chi connectivity index (χ4n) is 2.76. The first-order valence-corrected chi connectivity index (χ1v) is 7.04. The first kappa shape index (κ1) is 13.5. The molecule has 18 heavy (non-hydrogen) atoms. The molecule has 100 valence electrons. The predicted molar refractivity (Wildman–Crippen MR) is 75.5 cm³/mol. The minimum absolute atomic E-state index is 0.728. The highest BCUT2D eigenvalue weighted by Gasteiger charge is 2.33. The van der Waals surface area contributed by atoms with Crippen molar-refractivity contribution in [3.8, 4) is 0 Å². The van der Waals surface area contributed by atoms with Crippen LogP contribution in [0.4, 0.5) is 0 Å². The van der Waals surface area contributed by atoms with Crippen LogP contribution in [0.2, 0.25) is 0 Å². The van der Waals surface area contributed by atoms with Crippen LogP contribution >= 0.6 is 0 Å². The Balaban J connectivity index is 1.86. The average Bonchev–Trinajstić information content (AvgIpc) is 2.27. The Bertz CT molecular complexity index is 378. The van der Waals surface area contributed by atoms with Crippen molar-refractivity contribution >= 4 is 0 Å². The van der Waals surface area contributed by atoms with E-state index in [0.717, 1.165) is 37.3 Å². The Labute approximate surface area is 111 Å². The van der Waals surface area contributed by atoms with Crippen LogP contribution in [0.1, 0.15) is 31.2 Å². The molecule has 0 amide bonds. The predicted octanol–water partition coefficient (Wildman–Crippen LogP) is 2.21. The summed E-state index contributed by atoms with van der Waals surface area (Å²) in [5, 5.41) is 3.47. The summed E-state index contributed by atoms with van der Waals surface area (Å²) in [4.78, 5) is 7.05. The number of nitrogens with zero attached hydrogens (tertiary/aromatic N) is 2. The smallest absolute Gasteiger partial charge is 0.0547 e. The molecule has 0 spiro atoms.